The van der Waals surface area contributed by atoms with E-state index in [-0.39, 0.29) is 24.3 Å². The second kappa shape index (κ2) is 7.72. The molecule has 2 atom stereocenters. The van der Waals surface area contributed by atoms with E-state index >= 15 is 0 Å². The molecule has 114 valence electrons. The molecule has 4 N–H and O–H groups in total. The van der Waals surface area contributed by atoms with Crippen molar-refractivity contribution < 1.29 is 19.5 Å². The maximum Gasteiger partial charge on any atom is 0.326 e. The van der Waals surface area contributed by atoms with Crippen LogP contribution in [0.1, 0.15) is 33.1 Å². The van der Waals surface area contributed by atoms with Gasteiger partial charge in [-0.2, -0.15) is 0 Å². The highest BCUT2D eigenvalue weighted by Gasteiger charge is 2.29. The Labute approximate surface area is 118 Å². The van der Waals surface area contributed by atoms with E-state index in [0.717, 1.165) is 12.8 Å². The fourth-order valence-electron chi connectivity index (χ4n) is 1.73. The van der Waals surface area contributed by atoms with Crippen LogP contribution < -0.4 is 16.0 Å². The molecule has 20 heavy (non-hydrogen) atoms. The van der Waals surface area contributed by atoms with Gasteiger partial charge in [0.25, 0.3) is 0 Å². The van der Waals surface area contributed by atoms with Gasteiger partial charge in [0.15, 0.2) is 0 Å². The van der Waals surface area contributed by atoms with Crippen molar-refractivity contribution in [2.45, 2.75) is 39.2 Å². The van der Waals surface area contributed by atoms with Gasteiger partial charge in [0.05, 0.1) is 0 Å². The summed E-state index contributed by atoms with van der Waals surface area (Å²) in [6, 6.07) is -1.43. The van der Waals surface area contributed by atoms with Crippen LogP contribution in [0.5, 0.6) is 0 Å². The van der Waals surface area contributed by atoms with E-state index in [1.807, 2.05) is 6.92 Å². The maximum absolute atomic E-state index is 11.6. The summed E-state index contributed by atoms with van der Waals surface area (Å²) in [5.74, 6) is -1.02. The van der Waals surface area contributed by atoms with Gasteiger partial charge in [-0.25, -0.2) is 9.59 Å². The number of nitrogens with one attached hydrogen (secondary N) is 3. The summed E-state index contributed by atoms with van der Waals surface area (Å²) in [6.45, 7) is 4.27. The number of aliphatic carboxylic acids is 1. The molecular weight excluding hydrogens is 262 g/mol. The Hall–Kier alpha value is -1.79. The number of carboxylic acids is 1. The lowest BCUT2D eigenvalue weighted by Crippen LogP contribution is -2.50. The average molecular weight is 285 g/mol. The predicted octanol–water partition coefficient (Wildman–Crippen LogP) is 0.311. The zero-order chi connectivity index (χ0) is 15.1. The molecule has 7 nitrogen and oxygen atoms in total. The fourth-order valence-corrected chi connectivity index (χ4v) is 1.73. The highest BCUT2D eigenvalue weighted by Crippen LogP contribution is 2.28. The predicted molar refractivity (Wildman–Crippen MR) is 73.1 cm³/mol. The minimum absolute atomic E-state index is 0.0234. The summed E-state index contributed by atoms with van der Waals surface area (Å²) < 4.78 is 0. The number of carbonyl (C=O) groups is 3. The molecule has 0 bridgehead atoms. The molecule has 0 aromatic carbocycles. The monoisotopic (exact) mass is 285 g/mol. The third kappa shape index (κ3) is 5.46. The van der Waals surface area contributed by atoms with Gasteiger partial charge in [-0.05, 0) is 18.8 Å². The molecule has 1 saturated carbocycles. The van der Waals surface area contributed by atoms with E-state index in [0.29, 0.717) is 13.0 Å². The zero-order valence-electron chi connectivity index (χ0n) is 11.9. The molecule has 0 spiro atoms. The Balaban J connectivity index is 2.20. The number of amides is 3. The van der Waals surface area contributed by atoms with Crippen LogP contribution in [0, 0.1) is 11.8 Å². The first-order chi connectivity index (χ1) is 9.45. The Kier molecular flexibility index (Phi) is 6.27. The van der Waals surface area contributed by atoms with Gasteiger partial charge in [-0.1, -0.05) is 20.3 Å². The lowest BCUT2D eigenvalue weighted by atomic mass is 9.99. The normalized spacial score (nSPS) is 16.9. The number of hydrogen-bond acceptors (Lipinski definition) is 3. The summed E-state index contributed by atoms with van der Waals surface area (Å²) >= 11 is 0. The van der Waals surface area contributed by atoms with Crippen LogP contribution in [0.2, 0.25) is 0 Å². The van der Waals surface area contributed by atoms with Crippen molar-refractivity contribution in [3.8, 4) is 0 Å². The fraction of sp³-hybridized carbons (Fsp3) is 0.769. The molecule has 0 heterocycles. The molecular formula is C13H23N3O4. The largest absolute Gasteiger partial charge is 0.480 e. The molecule has 0 radical (unpaired) electrons. The van der Waals surface area contributed by atoms with Crippen LogP contribution in [-0.2, 0) is 9.59 Å². The van der Waals surface area contributed by atoms with Crippen LogP contribution in [0.3, 0.4) is 0 Å². The average Bonchev–Trinajstić information content (AvgIpc) is 3.23. The van der Waals surface area contributed by atoms with Crippen LogP contribution in [0.4, 0.5) is 4.79 Å². The molecule has 1 aliphatic rings. The van der Waals surface area contributed by atoms with Gasteiger partial charge in [0.2, 0.25) is 5.91 Å². The summed E-state index contributed by atoms with van der Waals surface area (Å²) in [5, 5.41) is 16.7. The van der Waals surface area contributed by atoms with Crippen LogP contribution in [0.25, 0.3) is 0 Å². The lowest BCUT2D eigenvalue weighted by Gasteiger charge is -2.20. The van der Waals surface area contributed by atoms with Crippen molar-refractivity contribution in [3.05, 3.63) is 0 Å². The van der Waals surface area contributed by atoms with Crippen LogP contribution in [0.15, 0.2) is 0 Å². The molecule has 0 saturated heterocycles. The van der Waals surface area contributed by atoms with Crippen molar-refractivity contribution in [2.75, 3.05) is 13.1 Å². The number of carboxylic acid groups (broad SMARTS) is 1. The molecule has 7 heteroatoms. The standard InChI is InChI=1S/C13H23N3O4/c1-3-8(2)10(12(18)19)16-13(20)15-7-6-14-11(17)9-4-5-9/h8-10H,3-7H2,1-2H3,(H,14,17)(H,18,19)(H2,15,16,20). The van der Waals surface area contributed by atoms with Gasteiger partial charge < -0.3 is 21.1 Å². The number of urea groups is 1. The van der Waals surface area contributed by atoms with Gasteiger partial charge in [-0.15, -0.1) is 0 Å². The number of carbonyl (C=O) groups excluding carboxylic acids is 2. The van der Waals surface area contributed by atoms with Crippen molar-refractivity contribution >= 4 is 17.9 Å². The second-order valence-corrected chi connectivity index (χ2v) is 5.17. The molecule has 0 aromatic heterocycles. The Bertz CT molecular complexity index is 369. The Morgan fingerprint density at radius 1 is 1.20 bits per heavy atom. The molecule has 1 rings (SSSR count). The Morgan fingerprint density at radius 3 is 2.30 bits per heavy atom. The van der Waals surface area contributed by atoms with Crippen molar-refractivity contribution in [1.82, 2.24) is 16.0 Å². The summed E-state index contributed by atoms with van der Waals surface area (Å²) in [5.41, 5.74) is 0. The SMILES string of the molecule is CCC(C)C(NC(=O)NCCNC(=O)C1CC1)C(=O)O. The summed E-state index contributed by atoms with van der Waals surface area (Å²) in [7, 11) is 0. The van der Waals surface area contributed by atoms with Gasteiger partial charge in [0.1, 0.15) is 6.04 Å². The van der Waals surface area contributed by atoms with Crippen LogP contribution in [-0.4, -0.2) is 42.1 Å². The van der Waals surface area contributed by atoms with E-state index < -0.39 is 18.0 Å². The highest BCUT2D eigenvalue weighted by atomic mass is 16.4. The van der Waals surface area contributed by atoms with Gasteiger partial charge in [-0.3, -0.25) is 4.79 Å². The van der Waals surface area contributed by atoms with E-state index in [1.54, 1.807) is 6.92 Å². The van der Waals surface area contributed by atoms with Crippen molar-refractivity contribution in [3.63, 3.8) is 0 Å². The van der Waals surface area contributed by atoms with Crippen LogP contribution >= 0.6 is 0 Å². The number of rotatable bonds is 8. The molecule has 0 aromatic rings. The second-order valence-electron chi connectivity index (χ2n) is 5.17. The zero-order valence-corrected chi connectivity index (χ0v) is 11.9. The molecule has 2 unspecified atom stereocenters. The minimum Gasteiger partial charge on any atom is -0.480 e. The molecule has 1 fully saturated rings. The lowest BCUT2D eigenvalue weighted by molar-refractivity contribution is -0.140. The summed E-state index contributed by atoms with van der Waals surface area (Å²) in [6.07, 6.45) is 2.54. The van der Waals surface area contributed by atoms with E-state index in [1.165, 1.54) is 0 Å². The molecule has 3 amide bonds. The Morgan fingerprint density at radius 2 is 1.80 bits per heavy atom. The highest BCUT2D eigenvalue weighted by molar-refractivity contribution is 5.83. The van der Waals surface area contributed by atoms with Crippen molar-refractivity contribution in [1.29, 1.82) is 0 Å². The van der Waals surface area contributed by atoms with Gasteiger partial charge >= 0.3 is 12.0 Å². The summed E-state index contributed by atoms with van der Waals surface area (Å²) in [4.78, 5) is 33.9. The minimum atomic E-state index is -1.04. The third-order valence-corrected chi connectivity index (χ3v) is 3.42. The smallest absolute Gasteiger partial charge is 0.326 e. The molecule has 0 aliphatic heterocycles. The first-order valence-corrected chi connectivity index (χ1v) is 7.00. The van der Waals surface area contributed by atoms with Crippen molar-refractivity contribution in [2.24, 2.45) is 11.8 Å². The first-order valence-electron chi connectivity index (χ1n) is 7.00. The van der Waals surface area contributed by atoms with E-state index in [4.69, 9.17) is 5.11 Å². The molecule has 1 aliphatic carbocycles. The quantitative estimate of drug-likeness (QED) is 0.481. The first kappa shape index (κ1) is 16.3. The van der Waals surface area contributed by atoms with E-state index in [9.17, 15) is 14.4 Å². The topological polar surface area (TPSA) is 108 Å². The van der Waals surface area contributed by atoms with E-state index in [2.05, 4.69) is 16.0 Å². The number of hydrogen-bond donors (Lipinski definition) is 4. The maximum atomic E-state index is 11.6. The third-order valence-electron chi connectivity index (χ3n) is 3.42. The van der Waals surface area contributed by atoms with Gasteiger partial charge in [0, 0.05) is 19.0 Å².